The number of hydrogen-bond donors (Lipinski definition) is 3. The Morgan fingerprint density at radius 2 is 1.84 bits per heavy atom. The molecule has 0 bridgehead atoms. The Bertz CT molecular complexity index is 2420. The molecule has 4 heterocycles. The molecule has 57 heavy (non-hydrogen) atoms. The Hall–Kier alpha value is -5.25. The number of allylic oxidation sites excluding steroid dienone is 1. The van der Waals surface area contributed by atoms with Gasteiger partial charge in [-0.05, 0) is 89.6 Å². The van der Waals surface area contributed by atoms with Gasteiger partial charge in [0.15, 0.2) is 11.3 Å². The van der Waals surface area contributed by atoms with Crippen molar-refractivity contribution in [2.45, 2.75) is 113 Å². The van der Waals surface area contributed by atoms with E-state index in [1.807, 2.05) is 30.4 Å². The first-order valence-corrected chi connectivity index (χ1v) is 21.1. The molecule has 2 aromatic heterocycles. The van der Waals surface area contributed by atoms with Crippen LogP contribution in [0.1, 0.15) is 78.6 Å². The minimum atomic E-state index is -3.93. The molecule has 4 aromatic rings. The van der Waals surface area contributed by atoms with Gasteiger partial charge >= 0.3 is 6.09 Å². The van der Waals surface area contributed by atoms with Gasteiger partial charge in [-0.3, -0.25) is 19.1 Å². The number of fused-ring (bicyclic) bond motifs is 6. The van der Waals surface area contributed by atoms with E-state index in [-0.39, 0.29) is 37.1 Å². The van der Waals surface area contributed by atoms with Crippen molar-refractivity contribution in [2.75, 3.05) is 6.54 Å². The van der Waals surface area contributed by atoms with Crippen LogP contribution in [0.5, 0.6) is 5.75 Å². The van der Waals surface area contributed by atoms with E-state index in [4.69, 9.17) is 18.9 Å². The zero-order valence-corrected chi connectivity index (χ0v) is 32.8. The Kier molecular flexibility index (Phi) is 9.89. The van der Waals surface area contributed by atoms with Crippen molar-refractivity contribution in [3.63, 3.8) is 0 Å². The van der Waals surface area contributed by atoms with Gasteiger partial charge in [0.1, 0.15) is 46.2 Å². The number of pyridine rings is 1. The molecular formula is C41H46FN5O9S. The molecule has 8 rings (SSSR count). The van der Waals surface area contributed by atoms with Gasteiger partial charge in [0.2, 0.25) is 21.8 Å². The molecule has 1 saturated heterocycles. The molecule has 3 fully saturated rings. The molecule has 302 valence electrons. The maximum atomic E-state index is 14.8. The minimum Gasteiger partial charge on any atom is -0.484 e. The SMILES string of the molecule is CC(C)(C)OC(=O)N[C@H]1CCCCCC=C[C@@H]2C[C@@]2(C(=O)NS(=O)(=O)C2CC2)NC(=O)[C@@H]2C[C@@H](Oc3c4cc(F)ccc4nc4c3oc3ccccc34)CN2C1=O. The number of aromatic nitrogens is 1. The summed E-state index contributed by atoms with van der Waals surface area (Å²) in [5.41, 5.74) is -0.673. The number of sulfonamides is 1. The van der Waals surface area contributed by atoms with Crippen LogP contribution in [0.15, 0.2) is 59.0 Å². The summed E-state index contributed by atoms with van der Waals surface area (Å²) in [5.74, 6) is -2.89. The molecule has 0 unspecified atom stereocenters. The predicted octanol–water partition coefficient (Wildman–Crippen LogP) is 5.52. The average Bonchev–Trinajstić information content (AvgIpc) is 4.05. The van der Waals surface area contributed by atoms with Crippen LogP contribution < -0.4 is 20.1 Å². The number of carbonyl (C=O) groups is 4. The molecular weight excluding hydrogens is 758 g/mol. The average molecular weight is 804 g/mol. The minimum absolute atomic E-state index is 0.0594. The van der Waals surface area contributed by atoms with Crippen LogP contribution in [0.3, 0.4) is 0 Å². The number of nitrogens with zero attached hydrogens (tertiary/aromatic N) is 2. The Labute approximate surface area is 328 Å². The van der Waals surface area contributed by atoms with E-state index < -0.39 is 80.2 Å². The zero-order chi connectivity index (χ0) is 40.3. The quantitative estimate of drug-likeness (QED) is 0.210. The number of para-hydroxylation sites is 1. The number of carbonyl (C=O) groups excluding carboxylic acids is 4. The molecule has 0 spiro atoms. The van der Waals surface area contributed by atoms with E-state index in [2.05, 4.69) is 15.4 Å². The molecule has 4 amide bonds. The van der Waals surface area contributed by atoms with Gasteiger partial charge in [0.25, 0.3) is 5.91 Å². The van der Waals surface area contributed by atoms with E-state index in [0.717, 1.165) is 12.8 Å². The smallest absolute Gasteiger partial charge is 0.408 e. The molecule has 14 nitrogen and oxygen atoms in total. The van der Waals surface area contributed by atoms with Gasteiger partial charge in [-0.15, -0.1) is 0 Å². The lowest BCUT2D eigenvalue weighted by molar-refractivity contribution is -0.141. The van der Waals surface area contributed by atoms with Crippen molar-refractivity contribution in [1.82, 2.24) is 25.2 Å². The van der Waals surface area contributed by atoms with Crippen molar-refractivity contribution in [3.05, 3.63) is 60.4 Å². The van der Waals surface area contributed by atoms with Gasteiger partial charge in [0.05, 0.1) is 17.3 Å². The van der Waals surface area contributed by atoms with Crippen LogP contribution in [0, 0.1) is 11.7 Å². The molecule has 16 heteroatoms. The monoisotopic (exact) mass is 803 g/mol. The van der Waals surface area contributed by atoms with Gasteiger partial charge in [0, 0.05) is 23.1 Å². The molecule has 2 saturated carbocycles. The number of ether oxygens (including phenoxy) is 2. The normalized spacial score (nSPS) is 25.9. The summed E-state index contributed by atoms with van der Waals surface area (Å²) in [6, 6.07) is 9.13. The van der Waals surface area contributed by atoms with Gasteiger partial charge in [-0.1, -0.05) is 37.1 Å². The summed E-state index contributed by atoms with van der Waals surface area (Å²) in [7, 11) is -3.93. The number of halogens is 1. The standard InChI is InChI=1S/C41H46FN5O9S/c1-40(2,3)56-39(51)44-30-13-8-6-4-5-7-11-23-21-41(23,38(50)46-57(52,53)26-16-17-26)45-36(48)31-20-25(22-47(31)37(30)49)54-34-28-19-24(42)15-18-29(28)43-33-27-12-9-10-14-32(27)55-35(33)34/h7,9-12,14-15,18-19,23,25-26,30-31H,4-6,8,13,16-17,20-22H2,1-3H3,(H,44,51)(H,45,48)(H,46,50)/t23-,25-,30+,31+,41-/m1/s1. The molecule has 2 aliphatic heterocycles. The number of hydrogen-bond acceptors (Lipinski definition) is 10. The van der Waals surface area contributed by atoms with Crippen LogP contribution in [0.4, 0.5) is 9.18 Å². The van der Waals surface area contributed by atoms with Crippen molar-refractivity contribution in [3.8, 4) is 5.75 Å². The summed E-state index contributed by atoms with van der Waals surface area (Å²) in [6.07, 6.45) is 6.13. The van der Waals surface area contributed by atoms with E-state index in [0.29, 0.717) is 53.1 Å². The third-order valence-corrected chi connectivity index (χ3v) is 12.8. The third-order valence-electron chi connectivity index (χ3n) is 11.0. The lowest BCUT2D eigenvalue weighted by Gasteiger charge is -2.30. The van der Waals surface area contributed by atoms with Crippen molar-refractivity contribution >= 4 is 66.8 Å². The van der Waals surface area contributed by atoms with Gasteiger partial charge in [-0.2, -0.15) is 0 Å². The predicted molar refractivity (Wildman–Crippen MR) is 208 cm³/mol. The second-order valence-electron chi connectivity index (χ2n) is 16.6. The van der Waals surface area contributed by atoms with Crippen LogP contribution in [0.2, 0.25) is 0 Å². The van der Waals surface area contributed by atoms with E-state index >= 15 is 0 Å². The van der Waals surface area contributed by atoms with Crippen molar-refractivity contribution < 1.29 is 45.9 Å². The highest BCUT2D eigenvalue weighted by atomic mass is 32.2. The number of nitrogens with one attached hydrogen (secondary N) is 3. The third kappa shape index (κ3) is 7.88. The second kappa shape index (κ2) is 14.6. The summed E-state index contributed by atoms with van der Waals surface area (Å²) in [4.78, 5) is 62.1. The van der Waals surface area contributed by atoms with Crippen molar-refractivity contribution in [1.29, 1.82) is 0 Å². The van der Waals surface area contributed by atoms with E-state index in [1.54, 1.807) is 26.8 Å². The van der Waals surface area contributed by atoms with Gasteiger partial charge in [-0.25, -0.2) is 22.6 Å². The van der Waals surface area contributed by atoms with E-state index in [1.165, 1.54) is 23.1 Å². The Balaban J connectivity index is 1.16. The number of benzene rings is 2. The van der Waals surface area contributed by atoms with Crippen LogP contribution in [0.25, 0.3) is 33.0 Å². The van der Waals surface area contributed by atoms with Crippen LogP contribution in [-0.2, 0) is 29.1 Å². The highest BCUT2D eigenvalue weighted by molar-refractivity contribution is 7.91. The fourth-order valence-electron chi connectivity index (χ4n) is 7.91. The number of alkyl carbamates (subject to hydrolysis) is 1. The highest BCUT2D eigenvalue weighted by Gasteiger charge is 2.62. The molecule has 2 aromatic carbocycles. The summed E-state index contributed by atoms with van der Waals surface area (Å²) in [6.45, 7) is 5.01. The topological polar surface area (TPSA) is 186 Å². The van der Waals surface area contributed by atoms with E-state index in [9.17, 15) is 32.0 Å². The first kappa shape index (κ1) is 38.6. The van der Waals surface area contributed by atoms with Crippen molar-refractivity contribution in [2.24, 2.45) is 5.92 Å². The second-order valence-corrected chi connectivity index (χ2v) is 18.5. The van der Waals surface area contributed by atoms with Crippen LogP contribution >= 0.6 is 0 Å². The first-order valence-electron chi connectivity index (χ1n) is 19.5. The van der Waals surface area contributed by atoms with Gasteiger partial charge < -0.3 is 29.4 Å². The highest BCUT2D eigenvalue weighted by Crippen LogP contribution is 2.46. The lowest BCUT2D eigenvalue weighted by atomic mass is 10.0. The Morgan fingerprint density at radius 1 is 1.05 bits per heavy atom. The summed E-state index contributed by atoms with van der Waals surface area (Å²) in [5, 5.41) is 5.97. The number of amides is 4. The Morgan fingerprint density at radius 3 is 2.61 bits per heavy atom. The first-order chi connectivity index (χ1) is 27.1. The fourth-order valence-corrected chi connectivity index (χ4v) is 9.27. The molecule has 0 radical (unpaired) electrons. The molecule has 3 N–H and O–H groups in total. The fraction of sp³-hybridized carbons (Fsp3) is 0.488. The number of rotatable bonds is 6. The summed E-state index contributed by atoms with van der Waals surface area (Å²) < 4.78 is 61.2. The lowest BCUT2D eigenvalue weighted by Crippen LogP contribution is -2.58. The maximum absolute atomic E-state index is 14.8. The number of furan rings is 1. The largest absolute Gasteiger partial charge is 0.484 e. The maximum Gasteiger partial charge on any atom is 0.408 e. The summed E-state index contributed by atoms with van der Waals surface area (Å²) >= 11 is 0. The molecule has 4 aliphatic rings. The van der Waals surface area contributed by atoms with Crippen LogP contribution in [-0.4, -0.2) is 83.2 Å². The molecule has 2 aliphatic carbocycles. The molecule has 5 atom stereocenters. The zero-order valence-electron chi connectivity index (χ0n) is 32.0.